The molecular weight excluding hydrogens is 348 g/mol. The summed E-state index contributed by atoms with van der Waals surface area (Å²) >= 11 is 6.05. The zero-order valence-electron chi connectivity index (χ0n) is 13.7. The first-order valence-corrected chi connectivity index (χ1v) is 10.4. The van der Waals surface area contributed by atoms with E-state index < -0.39 is 10.0 Å². The molecule has 24 heavy (non-hydrogen) atoms. The lowest BCUT2D eigenvalue weighted by Gasteiger charge is -2.29. The van der Waals surface area contributed by atoms with Gasteiger partial charge in [-0.1, -0.05) is 31.4 Å². The molecule has 0 unspecified atom stereocenters. The number of carbonyl (C=O) groups excluding carboxylic acids is 1. The molecule has 0 heterocycles. The Hall–Kier alpha value is -1.11. The van der Waals surface area contributed by atoms with Crippen molar-refractivity contribution in [2.75, 3.05) is 0 Å². The SMILES string of the molecule is C[C@@H]1CCCC[C@H]1NC(=O)c1ccc(Cl)c(S(=O)(=O)NC2CC2)c1. The van der Waals surface area contributed by atoms with E-state index in [1.54, 1.807) is 6.07 Å². The third-order valence-corrected chi connectivity index (χ3v) is 6.81. The smallest absolute Gasteiger partial charge is 0.251 e. The minimum Gasteiger partial charge on any atom is -0.349 e. The maximum atomic E-state index is 12.5. The van der Waals surface area contributed by atoms with Crippen LogP contribution in [0.4, 0.5) is 0 Å². The van der Waals surface area contributed by atoms with Crippen molar-refractivity contribution in [2.24, 2.45) is 5.92 Å². The Kier molecular flexibility index (Phi) is 5.18. The van der Waals surface area contributed by atoms with Crippen LogP contribution in [0.2, 0.25) is 5.02 Å². The summed E-state index contributed by atoms with van der Waals surface area (Å²) in [6.07, 6.45) is 6.07. The average Bonchev–Trinajstić information content (AvgIpc) is 3.33. The van der Waals surface area contributed by atoms with Crippen LogP contribution in [-0.2, 0) is 10.0 Å². The van der Waals surface area contributed by atoms with E-state index in [1.807, 2.05) is 0 Å². The number of hydrogen-bond donors (Lipinski definition) is 2. The Morgan fingerprint density at radius 3 is 2.54 bits per heavy atom. The maximum Gasteiger partial charge on any atom is 0.251 e. The molecular formula is C17H23ClN2O3S. The Morgan fingerprint density at radius 1 is 1.17 bits per heavy atom. The van der Waals surface area contributed by atoms with Crippen LogP contribution in [-0.4, -0.2) is 26.4 Å². The van der Waals surface area contributed by atoms with Gasteiger partial charge in [0, 0.05) is 17.6 Å². The molecule has 2 saturated carbocycles. The highest BCUT2D eigenvalue weighted by Gasteiger charge is 2.30. The molecule has 1 amide bonds. The van der Waals surface area contributed by atoms with Crippen molar-refractivity contribution in [1.29, 1.82) is 0 Å². The first kappa shape index (κ1) is 17.7. The van der Waals surface area contributed by atoms with E-state index in [4.69, 9.17) is 11.6 Å². The average molecular weight is 371 g/mol. The molecule has 5 nitrogen and oxygen atoms in total. The monoisotopic (exact) mass is 370 g/mol. The lowest BCUT2D eigenvalue weighted by Crippen LogP contribution is -2.41. The highest BCUT2D eigenvalue weighted by Crippen LogP contribution is 2.28. The molecule has 3 rings (SSSR count). The summed E-state index contributed by atoms with van der Waals surface area (Å²) in [6.45, 7) is 2.14. The van der Waals surface area contributed by atoms with Crippen LogP contribution in [0.3, 0.4) is 0 Å². The van der Waals surface area contributed by atoms with Gasteiger partial charge in [-0.25, -0.2) is 13.1 Å². The molecule has 0 bridgehead atoms. The summed E-state index contributed by atoms with van der Waals surface area (Å²) in [7, 11) is -3.69. The second kappa shape index (κ2) is 7.02. The number of sulfonamides is 1. The first-order valence-electron chi connectivity index (χ1n) is 8.49. The first-order chi connectivity index (χ1) is 11.4. The van der Waals surface area contributed by atoms with Gasteiger partial charge in [-0.3, -0.25) is 4.79 Å². The lowest BCUT2D eigenvalue weighted by molar-refractivity contribution is 0.0910. The van der Waals surface area contributed by atoms with E-state index >= 15 is 0 Å². The van der Waals surface area contributed by atoms with Gasteiger partial charge in [0.05, 0.1) is 5.02 Å². The predicted octanol–water partition coefficient (Wildman–Crippen LogP) is 3.09. The molecule has 0 spiro atoms. The van der Waals surface area contributed by atoms with Gasteiger partial charge in [-0.2, -0.15) is 0 Å². The molecule has 2 N–H and O–H groups in total. The summed E-state index contributed by atoms with van der Waals surface area (Å²) < 4.78 is 27.4. The third-order valence-electron chi connectivity index (χ3n) is 4.81. The number of hydrogen-bond acceptors (Lipinski definition) is 3. The van der Waals surface area contributed by atoms with Crippen LogP contribution in [0.1, 0.15) is 55.8 Å². The normalized spacial score (nSPS) is 24.6. The standard InChI is InChI=1S/C17H23ClN2O3S/c1-11-4-2-3-5-15(11)19-17(21)12-6-9-14(18)16(10-12)24(22,23)20-13-7-8-13/h6,9-11,13,15,20H,2-5,7-8H2,1H3,(H,19,21)/t11-,15-/m1/s1. The fourth-order valence-corrected chi connectivity index (χ4v) is 4.95. The van der Waals surface area contributed by atoms with E-state index in [0.29, 0.717) is 11.5 Å². The van der Waals surface area contributed by atoms with Gasteiger partial charge in [0.25, 0.3) is 5.91 Å². The molecule has 0 saturated heterocycles. The van der Waals surface area contributed by atoms with Crippen molar-refractivity contribution in [1.82, 2.24) is 10.0 Å². The van der Waals surface area contributed by atoms with Crippen molar-refractivity contribution in [2.45, 2.75) is 62.4 Å². The van der Waals surface area contributed by atoms with E-state index in [0.717, 1.165) is 32.1 Å². The molecule has 2 fully saturated rings. The number of benzene rings is 1. The van der Waals surface area contributed by atoms with Crippen molar-refractivity contribution in [3.8, 4) is 0 Å². The summed E-state index contributed by atoms with van der Waals surface area (Å²) in [6, 6.07) is 4.55. The molecule has 2 aliphatic carbocycles. The molecule has 132 valence electrons. The van der Waals surface area contributed by atoms with Crippen LogP contribution < -0.4 is 10.0 Å². The van der Waals surface area contributed by atoms with Crippen molar-refractivity contribution < 1.29 is 13.2 Å². The Balaban J connectivity index is 1.78. The van der Waals surface area contributed by atoms with Crippen molar-refractivity contribution >= 4 is 27.5 Å². The molecule has 2 aliphatic rings. The molecule has 2 atom stereocenters. The fourth-order valence-electron chi connectivity index (χ4n) is 3.12. The van der Waals surface area contributed by atoms with Crippen LogP contribution in [0, 0.1) is 5.92 Å². The molecule has 0 radical (unpaired) electrons. The van der Waals surface area contributed by atoms with Crippen molar-refractivity contribution in [3.63, 3.8) is 0 Å². The number of halogens is 1. The summed E-state index contributed by atoms with van der Waals surface area (Å²) in [5, 5.41) is 3.17. The molecule has 1 aromatic rings. The van der Waals surface area contributed by atoms with Gasteiger partial charge in [0.2, 0.25) is 10.0 Å². The largest absolute Gasteiger partial charge is 0.349 e. The zero-order chi connectivity index (χ0) is 17.3. The van der Waals surface area contributed by atoms with Crippen LogP contribution in [0.25, 0.3) is 0 Å². The van der Waals surface area contributed by atoms with Gasteiger partial charge in [-0.15, -0.1) is 0 Å². The van der Waals surface area contributed by atoms with Gasteiger partial charge < -0.3 is 5.32 Å². The van der Waals surface area contributed by atoms with Crippen molar-refractivity contribution in [3.05, 3.63) is 28.8 Å². The third kappa shape index (κ3) is 4.10. The second-order valence-electron chi connectivity index (χ2n) is 6.88. The molecule has 0 aliphatic heterocycles. The fraction of sp³-hybridized carbons (Fsp3) is 0.588. The number of amides is 1. The summed E-state index contributed by atoms with van der Waals surface area (Å²) in [5.41, 5.74) is 0.327. The minimum atomic E-state index is -3.69. The zero-order valence-corrected chi connectivity index (χ0v) is 15.3. The highest BCUT2D eigenvalue weighted by atomic mass is 35.5. The van der Waals surface area contributed by atoms with E-state index in [-0.39, 0.29) is 27.9 Å². The Bertz CT molecular complexity index is 731. The van der Waals surface area contributed by atoms with Gasteiger partial charge >= 0.3 is 0 Å². The Labute approximate surface area is 148 Å². The van der Waals surface area contributed by atoms with E-state index in [1.165, 1.54) is 18.6 Å². The highest BCUT2D eigenvalue weighted by molar-refractivity contribution is 7.89. The minimum absolute atomic E-state index is 0.00774. The molecule has 1 aromatic carbocycles. The van der Waals surface area contributed by atoms with E-state index in [9.17, 15) is 13.2 Å². The van der Waals surface area contributed by atoms with Crippen LogP contribution in [0.15, 0.2) is 23.1 Å². The quantitative estimate of drug-likeness (QED) is 0.836. The summed E-state index contributed by atoms with van der Waals surface area (Å²) in [5.74, 6) is 0.197. The summed E-state index contributed by atoms with van der Waals surface area (Å²) in [4.78, 5) is 12.5. The van der Waals surface area contributed by atoms with Crippen LogP contribution in [0.5, 0.6) is 0 Å². The topological polar surface area (TPSA) is 75.3 Å². The maximum absolute atomic E-state index is 12.5. The molecule has 7 heteroatoms. The van der Waals surface area contributed by atoms with Gasteiger partial charge in [0.1, 0.15) is 4.90 Å². The van der Waals surface area contributed by atoms with Gasteiger partial charge in [-0.05, 0) is 49.8 Å². The number of nitrogens with one attached hydrogen (secondary N) is 2. The number of carbonyl (C=O) groups is 1. The van der Waals surface area contributed by atoms with Crippen LogP contribution >= 0.6 is 11.6 Å². The molecule has 0 aromatic heterocycles. The second-order valence-corrected chi connectivity index (χ2v) is 8.97. The Morgan fingerprint density at radius 2 is 1.88 bits per heavy atom. The lowest BCUT2D eigenvalue weighted by atomic mass is 9.86. The van der Waals surface area contributed by atoms with E-state index in [2.05, 4.69) is 17.0 Å². The predicted molar refractivity (Wildman–Crippen MR) is 93.7 cm³/mol. The number of rotatable bonds is 5. The van der Waals surface area contributed by atoms with Gasteiger partial charge in [0.15, 0.2) is 0 Å².